The van der Waals surface area contributed by atoms with Crippen LogP contribution in [0.2, 0.25) is 0 Å². The van der Waals surface area contributed by atoms with E-state index in [0.29, 0.717) is 0 Å². The van der Waals surface area contributed by atoms with Crippen molar-refractivity contribution in [2.45, 2.75) is 13.1 Å². The molecule has 0 aliphatic carbocycles. The quantitative estimate of drug-likeness (QED) is 0.718. The molecule has 1 aliphatic heterocycles. The second kappa shape index (κ2) is 5.82. The van der Waals surface area contributed by atoms with Gasteiger partial charge in [0.25, 0.3) is 0 Å². The van der Waals surface area contributed by atoms with Crippen molar-refractivity contribution < 1.29 is 0 Å². The largest absolute Gasteiger partial charge is 0.337 e. The van der Waals surface area contributed by atoms with Gasteiger partial charge in [0.05, 0.1) is 11.8 Å². The molecule has 0 N–H and O–H groups in total. The van der Waals surface area contributed by atoms with Gasteiger partial charge in [0.1, 0.15) is 0 Å². The Morgan fingerprint density at radius 1 is 1.18 bits per heavy atom. The highest BCUT2D eigenvalue weighted by molar-refractivity contribution is 9.10. The number of halogens is 1. The molecule has 0 saturated carbocycles. The summed E-state index contributed by atoms with van der Waals surface area (Å²) in [6.07, 6.45) is 7.69. The number of nitrogens with zero attached hydrogens (tertiary/aromatic N) is 4. The van der Waals surface area contributed by atoms with Gasteiger partial charge in [-0.2, -0.15) is 0 Å². The Hall–Kier alpha value is -1.72. The third-order valence-corrected chi connectivity index (χ3v) is 4.91. The summed E-state index contributed by atoms with van der Waals surface area (Å²) < 4.78 is 3.23. The molecule has 22 heavy (non-hydrogen) atoms. The highest BCUT2D eigenvalue weighted by Crippen LogP contribution is 2.27. The average molecular weight is 357 g/mol. The zero-order valence-electron chi connectivity index (χ0n) is 12.2. The third kappa shape index (κ3) is 2.66. The van der Waals surface area contributed by atoms with Crippen LogP contribution in [0.25, 0.3) is 10.9 Å². The van der Waals surface area contributed by atoms with E-state index in [2.05, 4.69) is 53.6 Å². The van der Waals surface area contributed by atoms with Crippen LogP contribution in [0.15, 0.2) is 53.7 Å². The van der Waals surface area contributed by atoms with E-state index in [0.717, 1.165) is 42.1 Å². The summed E-state index contributed by atoms with van der Waals surface area (Å²) in [5.41, 5.74) is 2.41. The third-order valence-electron chi connectivity index (χ3n) is 4.27. The molecule has 4 nitrogen and oxygen atoms in total. The lowest BCUT2D eigenvalue weighted by Crippen LogP contribution is -2.47. The van der Waals surface area contributed by atoms with Crippen LogP contribution in [-0.4, -0.2) is 32.5 Å². The average Bonchev–Trinajstić information content (AvgIpc) is 2.99. The number of likely N-dealkylation sites (tertiary alicyclic amines) is 1. The molecule has 2 aromatic heterocycles. The maximum Gasteiger partial charge on any atom is 0.0946 e. The van der Waals surface area contributed by atoms with Gasteiger partial charge >= 0.3 is 0 Å². The molecule has 0 bridgehead atoms. The van der Waals surface area contributed by atoms with Gasteiger partial charge in [-0.3, -0.25) is 9.88 Å². The molecule has 1 aliphatic rings. The number of rotatable bonds is 4. The number of fused-ring (bicyclic) bond motifs is 1. The van der Waals surface area contributed by atoms with Crippen LogP contribution in [0.5, 0.6) is 0 Å². The van der Waals surface area contributed by atoms with Crippen molar-refractivity contribution in [2.75, 3.05) is 13.1 Å². The fourth-order valence-electron chi connectivity index (χ4n) is 3.19. The molecule has 5 heteroatoms. The smallest absolute Gasteiger partial charge is 0.0946 e. The molecule has 3 heterocycles. The Morgan fingerprint density at radius 3 is 2.91 bits per heavy atom. The second-order valence-corrected chi connectivity index (χ2v) is 6.78. The number of imidazole rings is 1. The number of aromatic nitrogens is 3. The van der Waals surface area contributed by atoms with E-state index in [-0.39, 0.29) is 0 Å². The van der Waals surface area contributed by atoms with Crippen molar-refractivity contribution in [2.24, 2.45) is 5.92 Å². The van der Waals surface area contributed by atoms with Gasteiger partial charge in [-0.1, -0.05) is 12.1 Å². The standard InChI is InChI=1S/C17H17BrN4/c18-16-3-1-2-15-14(4-5-20-17(15)16)11-22-9-13(10-22)8-21-7-6-19-12-21/h1-7,12-13H,8-11H2. The lowest BCUT2D eigenvalue weighted by molar-refractivity contribution is 0.0807. The summed E-state index contributed by atoms with van der Waals surface area (Å²) in [5, 5.41) is 1.25. The van der Waals surface area contributed by atoms with Gasteiger partial charge in [0.2, 0.25) is 0 Å². The summed E-state index contributed by atoms with van der Waals surface area (Å²) in [6, 6.07) is 8.42. The van der Waals surface area contributed by atoms with E-state index in [4.69, 9.17) is 0 Å². The number of benzene rings is 1. The van der Waals surface area contributed by atoms with Crippen LogP contribution in [-0.2, 0) is 13.1 Å². The molecule has 1 saturated heterocycles. The van der Waals surface area contributed by atoms with Crippen LogP contribution in [0.4, 0.5) is 0 Å². The van der Waals surface area contributed by atoms with Gasteiger partial charge in [-0.05, 0) is 33.6 Å². The lowest BCUT2D eigenvalue weighted by atomic mass is 9.98. The van der Waals surface area contributed by atoms with Gasteiger partial charge in [-0.15, -0.1) is 0 Å². The topological polar surface area (TPSA) is 34.0 Å². The van der Waals surface area contributed by atoms with Crippen LogP contribution in [0.1, 0.15) is 5.56 Å². The van der Waals surface area contributed by atoms with E-state index in [1.165, 1.54) is 10.9 Å². The normalized spacial score (nSPS) is 16.0. The first-order chi connectivity index (χ1) is 10.8. The van der Waals surface area contributed by atoms with Crippen molar-refractivity contribution in [3.8, 4) is 0 Å². The van der Waals surface area contributed by atoms with E-state index < -0.39 is 0 Å². The number of hydrogen-bond acceptors (Lipinski definition) is 3. The van der Waals surface area contributed by atoms with E-state index >= 15 is 0 Å². The molecule has 0 unspecified atom stereocenters. The minimum Gasteiger partial charge on any atom is -0.337 e. The van der Waals surface area contributed by atoms with E-state index in [9.17, 15) is 0 Å². The Bertz CT molecular complexity index is 778. The Balaban J connectivity index is 1.44. The molecule has 1 fully saturated rings. The molecular weight excluding hydrogens is 340 g/mol. The highest BCUT2D eigenvalue weighted by atomic mass is 79.9. The monoisotopic (exact) mass is 356 g/mol. The SMILES string of the molecule is Brc1cccc2c(CN3CC(Cn4ccnc4)C3)ccnc12. The fraction of sp³-hybridized carbons (Fsp3) is 0.294. The number of pyridine rings is 1. The predicted molar refractivity (Wildman–Crippen MR) is 90.4 cm³/mol. The first-order valence-electron chi connectivity index (χ1n) is 7.50. The van der Waals surface area contributed by atoms with Crippen molar-refractivity contribution in [3.05, 3.63) is 59.2 Å². The molecule has 112 valence electrons. The molecule has 3 aromatic rings. The molecule has 0 radical (unpaired) electrons. The maximum atomic E-state index is 4.48. The van der Waals surface area contributed by atoms with Gasteiger partial charge < -0.3 is 4.57 Å². The van der Waals surface area contributed by atoms with E-state index in [1.54, 1.807) is 0 Å². The molecule has 4 rings (SSSR count). The Morgan fingerprint density at radius 2 is 2.09 bits per heavy atom. The highest BCUT2D eigenvalue weighted by Gasteiger charge is 2.27. The number of para-hydroxylation sites is 1. The Kier molecular flexibility index (Phi) is 3.68. The summed E-state index contributed by atoms with van der Waals surface area (Å²) in [5.74, 6) is 0.731. The van der Waals surface area contributed by atoms with Crippen molar-refractivity contribution >= 4 is 26.8 Å². The fourth-order valence-corrected chi connectivity index (χ4v) is 3.66. The number of hydrogen-bond donors (Lipinski definition) is 0. The molecule has 1 aromatic carbocycles. The summed E-state index contributed by atoms with van der Waals surface area (Å²) >= 11 is 3.59. The maximum absolute atomic E-state index is 4.48. The van der Waals surface area contributed by atoms with Crippen LogP contribution < -0.4 is 0 Å². The first kappa shape index (κ1) is 13.9. The minimum atomic E-state index is 0.731. The summed E-state index contributed by atoms with van der Waals surface area (Å²) in [4.78, 5) is 11.1. The minimum absolute atomic E-state index is 0.731. The zero-order chi connectivity index (χ0) is 14.9. The zero-order valence-corrected chi connectivity index (χ0v) is 13.8. The van der Waals surface area contributed by atoms with Crippen LogP contribution in [0.3, 0.4) is 0 Å². The lowest BCUT2D eigenvalue weighted by Gasteiger charge is -2.39. The van der Waals surface area contributed by atoms with Gasteiger partial charge in [0, 0.05) is 60.5 Å². The molecule has 0 spiro atoms. The first-order valence-corrected chi connectivity index (χ1v) is 8.29. The van der Waals surface area contributed by atoms with Gasteiger partial charge in [-0.25, -0.2) is 4.98 Å². The van der Waals surface area contributed by atoms with Gasteiger partial charge in [0.15, 0.2) is 0 Å². The second-order valence-electron chi connectivity index (χ2n) is 5.93. The summed E-state index contributed by atoms with van der Waals surface area (Å²) in [6.45, 7) is 4.36. The van der Waals surface area contributed by atoms with Crippen LogP contribution >= 0.6 is 15.9 Å². The molecule has 0 atom stereocenters. The molecule has 0 amide bonds. The van der Waals surface area contributed by atoms with Crippen molar-refractivity contribution in [1.29, 1.82) is 0 Å². The van der Waals surface area contributed by atoms with E-state index in [1.807, 2.05) is 31.0 Å². The van der Waals surface area contributed by atoms with Crippen LogP contribution in [0, 0.1) is 5.92 Å². The summed E-state index contributed by atoms with van der Waals surface area (Å²) in [7, 11) is 0. The predicted octanol–water partition coefficient (Wildman–Crippen LogP) is 3.33. The Labute approximate surface area is 137 Å². The van der Waals surface area contributed by atoms with Crippen molar-refractivity contribution in [3.63, 3.8) is 0 Å². The molecular formula is C17H17BrN4. The van der Waals surface area contributed by atoms with Crippen molar-refractivity contribution in [1.82, 2.24) is 19.4 Å².